The molecule has 1 N–H and O–H groups in total. The van der Waals surface area contributed by atoms with E-state index >= 15 is 0 Å². The van der Waals surface area contributed by atoms with Crippen LogP contribution in [0.2, 0.25) is 0 Å². The lowest BCUT2D eigenvalue weighted by atomic mass is 10.0. The van der Waals surface area contributed by atoms with Crippen LogP contribution in [0.1, 0.15) is 50.9 Å². The maximum absolute atomic E-state index is 5.49. The van der Waals surface area contributed by atoms with Crippen molar-refractivity contribution in [2.45, 2.75) is 45.2 Å². The number of hydrogen-bond acceptors (Lipinski definition) is 3. The minimum Gasteiger partial charge on any atom is -0.380 e. The van der Waals surface area contributed by atoms with Gasteiger partial charge in [-0.05, 0) is 33.2 Å². The van der Waals surface area contributed by atoms with Gasteiger partial charge < -0.3 is 14.6 Å². The van der Waals surface area contributed by atoms with Crippen molar-refractivity contribution in [3.8, 4) is 0 Å². The summed E-state index contributed by atoms with van der Waals surface area (Å²) in [5.41, 5.74) is 1.30. The molecule has 96 valence electrons. The predicted octanol–water partition coefficient (Wildman–Crippen LogP) is 2.30. The van der Waals surface area contributed by atoms with Crippen molar-refractivity contribution in [1.29, 1.82) is 0 Å². The quantitative estimate of drug-likeness (QED) is 0.854. The topological polar surface area (TPSA) is 39.1 Å². The van der Waals surface area contributed by atoms with Crippen LogP contribution in [0.25, 0.3) is 0 Å². The number of ether oxygens (including phenoxy) is 1. The average molecular weight is 237 g/mol. The average Bonchev–Trinajstić information content (AvgIpc) is 2.86. The van der Waals surface area contributed by atoms with Crippen LogP contribution in [0, 0.1) is 0 Å². The zero-order chi connectivity index (χ0) is 12.1. The van der Waals surface area contributed by atoms with Crippen LogP contribution in [0.4, 0.5) is 0 Å². The fourth-order valence-electron chi connectivity index (χ4n) is 2.43. The lowest BCUT2D eigenvalue weighted by Gasteiger charge is -2.26. The minimum absolute atomic E-state index is 0.358. The first-order valence-corrected chi connectivity index (χ1v) is 6.65. The van der Waals surface area contributed by atoms with Crippen LogP contribution in [0.3, 0.4) is 0 Å². The Morgan fingerprint density at radius 2 is 2.47 bits per heavy atom. The number of imidazole rings is 1. The molecule has 1 saturated heterocycles. The first kappa shape index (κ1) is 12.6. The Morgan fingerprint density at radius 1 is 1.59 bits per heavy atom. The van der Waals surface area contributed by atoms with Gasteiger partial charge in [0.05, 0.1) is 24.7 Å². The van der Waals surface area contributed by atoms with Gasteiger partial charge in [0.25, 0.3) is 0 Å². The van der Waals surface area contributed by atoms with Crippen molar-refractivity contribution in [3.05, 3.63) is 18.2 Å². The first-order valence-electron chi connectivity index (χ1n) is 6.65. The zero-order valence-corrected chi connectivity index (χ0v) is 10.9. The lowest BCUT2D eigenvalue weighted by molar-refractivity contribution is 0.117. The van der Waals surface area contributed by atoms with E-state index in [1.165, 1.54) is 25.0 Å². The van der Waals surface area contributed by atoms with E-state index in [4.69, 9.17) is 4.74 Å². The Kier molecular flexibility index (Phi) is 4.57. The molecule has 0 aromatic carbocycles. The molecule has 0 bridgehead atoms. The van der Waals surface area contributed by atoms with Crippen LogP contribution in [0.5, 0.6) is 0 Å². The zero-order valence-electron chi connectivity index (χ0n) is 10.9. The van der Waals surface area contributed by atoms with Gasteiger partial charge in [-0.25, -0.2) is 4.98 Å². The Bertz CT molecular complexity index is 331. The van der Waals surface area contributed by atoms with Gasteiger partial charge in [0.1, 0.15) is 0 Å². The summed E-state index contributed by atoms with van der Waals surface area (Å²) in [5.74, 6) is 0. The van der Waals surface area contributed by atoms with Gasteiger partial charge in [0, 0.05) is 18.8 Å². The van der Waals surface area contributed by atoms with Gasteiger partial charge in [-0.15, -0.1) is 0 Å². The molecule has 0 radical (unpaired) electrons. The largest absolute Gasteiger partial charge is 0.380 e. The Hall–Kier alpha value is -0.870. The monoisotopic (exact) mass is 237 g/mol. The van der Waals surface area contributed by atoms with Crippen molar-refractivity contribution >= 4 is 0 Å². The van der Waals surface area contributed by atoms with Crippen molar-refractivity contribution < 1.29 is 4.74 Å². The van der Waals surface area contributed by atoms with Crippen LogP contribution in [-0.4, -0.2) is 29.3 Å². The minimum atomic E-state index is 0.358. The third-order valence-electron chi connectivity index (χ3n) is 3.40. The highest BCUT2D eigenvalue weighted by Gasteiger charge is 2.20. The van der Waals surface area contributed by atoms with Crippen LogP contribution in [0.15, 0.2) is 12.5 Å². The molecular weight excluding hydrogens is 214 g/mol. The molecule has 0 saturated carbocycles. The number of nitrogens with zero attached hydrogens (tertiary/aromatic N) is 2. The van der Waals surface area contributed by atoms with E-state index in [0.717, 1.165) is 19.8 Å². The fourth-order valence-corrected chi connectivity index (χ4v) is 2.43. The van der Waals surface area contributed by atoms with E-state index in [2.05, 4.69) is 21.8 Å². The molecule has 4 heteroatoms. The molecule has 1 aromatic rings. The highest BCUT2D eigenvalue weighted by atomic mass is 16.5. The number of piperidine rings is 1. The molecule has 2 unspecified atom stereocenters. The second-order valence-electron chi connectivity index (χ2n) is 4.74. The highest BCUT2D eigenvalue weighted by Crippen LogP contribution is 2.24. The van der Waals surface area contributed by atoms with Gasteiger partial charge in [0.15, 0.2) is 0 Å². The van der Waals surface area contributed by atoms with Crippen molar-refractivity contribution in [3.63, 3.8) is 0 Å². The molecule has 17 heavy (non-hydrogen) atoms. The van der Waals surface area contributed by atoms with Gasteiger partial charge >= 0.3 is 0 Å². The molecule has 1 aliphatic heterocycles. The van der Waals surface area contributed by atoms with E-state index in [-0.39, 0.29) is 0 Å². The molecule has 0 aliphatic carbocycles. The number of aromatic nitrogens is 2. The normalized spacial score (nSPS) is 22.6. The van der Waals surface area contributed by atoms with Crippen molar-refractivity contribution in [1.82, 2.24) is 14.9 Å². The van der Waals surface area contributed by atoms with E-state index < -0.39 is 0 Å². The van der Waals surface area contributed by atoms with Gasteiger partial charge in [-0.3, -0.25) is 0 Å². The molecule has 1 aromatic heterocycles. The van der Waals surface area contributed by atoms with Gasteiger partial charge in [-0.1, -0.05) is 6.42 Å². The summed E-state index contributed by atoms with van der Waals surface area (Å²) >= 11 is 0. The van der Waals surface area contributed by atoms with E-state index in [9.17, 15) is 0 Å². The van der Waals surface area contributed by atoms with E-state index in [1.54, 1.807) is 0 Å². The van der Waals surface area contributed by atoms with Crippen LogP contribution < -0.4 is 5.32 Å². The summed E-state index contributed by atoms with van der Waals surface area (Å²) in [6.07, 6.45) is 7.73. The number of hydrogen-bond donors (Lipinski definition) is 1. The SMILES string of the molecule is CCOCC(C)n1cncc1C1CCCCN1. The molecule has 2 heterocycles. The molecule has 1 aliphatic rings. The fraction of sp³-hybridized carbons (Fsp3) is 0.769. The maximum Gasteiger partial charge on any atom is 0.0952 e. The molecule has 4 nitrogen and oxygen atoms in total. The van der Waals surface area contributed by atoms with Crippen molar-refractivity contribution in [2.75, 3.05) is 19.8 Å². The summed E-state index contributed by atoms with van der Waals surface area (Å²) in [4.78, 5) is 4.29. The van der Waals surface area contributed by atoms with E-state index in [1.807, 2.05) is 19.4 Å². The van der Waals surface area contributed by atoms with Crippen molar-refractivity contribution in [2.24, 2.45) is 0 Å². The lowest BCUT2D eigenvalue weighted by Crippen LogP contribution is -2.29. The smallest absolute Gasteiger partial charge is 0.0952 e. The molecule has 2 atom stereocenters. The van der Waals surface area contributed by atoms with E-state index in [0.29, 0.717) is 12.1 Å². The summed E-state index contributed by atoms with van der Waals surface area (Å²) in [5, 5.41) is 3.57. The molecule has 0 amide bonds. The molecule has 1 fully saturated rings. The first-order chi connectivity index (χ1) is 8.33. The number of nitrogens with one attached hydrogen (secondary N) is 1. The Morgan fingerprint density at radius 3 is 3.18 bits per heavy atom. The Labute approximate surface area is 103 Å². The van der Waals surface area contributed by atoms with Gasteiger partial charge in [0.2, 0.25) is 0 Å². The molecule has 2 rings (SSSR count). The molecule has 0 spiro atoms. The summed E-state index contributed by atoms with van der Waals surface area (Å²) in [6, 6.07) is 0.825. The number of rotatable bonds is 5. The predicted molar refractivity (Wildman–Crippen MR) is 68.0 cm³/mol. The molecular formula is C13H23N3O. The summed E-state index contributed by atoms with van der Waals surface area (Å²) in [7, 11) is 0. The second-order valence-corrected chi connectivity index (χ2v) is 4.74. The summed E-state index contributed by atoms with van der Waals surface area (Å²) in [6.45, 7) is 6.87. The third-order valence-corrected chi connectivity index (χ3v) is 3.40. The van der Waals surface area contributed by atoms with Gasteiger partial charge in [-0.2, -0.15) is 0 Å². The second kappa shape index (κ2) is 6.17. The van der Waals surface area contributed by atoms with Crippen LogP contribution >= 0.6 is 0 Å². The Balaban J connectivity index is 2.04. The third kappa shape index (κ3) is 3.07. The highest BCUT2D eigenvalue weighted by molar-refractivity contribution is 5.07. The summed E-state index contributed by atoms with van der Waals surface area (Å²) < 4.78 is 7.74. The maximum atomic E-state index is 5.49. The van der Waals surface area contributed by atoms with Crippen LogP contribution in [-0.2, 0) is 4.74 Å². The standard InChI is InChI=1S/C13H23N3O/c1-3-17-9-11(2)16-10-14-8-13(16)12-6-4-5-7-15-12/h8,10-12,15H,3-7,9H2,1-2H3.